The van der Waals surface area contributed by atoms with Gasteiger partial charge in [-0.1, -0.05) is 35.3 Å². The van der Waals surface area contributed by atoms with Gasteiger partial charge in [-0.3, -0.25) is 14.4 Å². The maximum absolute atomic E-state index is 13.7. The molecule has 0 bridgehead atoms. The van der Waals surface area contributed by atoms with Gasteiger partial charge in [-0.2, -0.15) is 0 Å². The molecule has 1 aliphatic rings. The van der Waals surface area contributed by atoms with Crippen molar-refractivity contribution in [1.29, 1.82) is 0 Å². The molecule has 2 aromatic carbocycles. The normalized spacial score (nSPS) is 17.9. The number of methoxy groups -OCH3 is 1. The van der Waals surface area contributed by atoms with Gasteiger partial charge in [0.15, 0.2) is 11.5 Å². The molecule has 0 radical (unpaired) electrons. The summed E-state index contributed by atoms with van der Waals surface area (Å²) in [5.41, 5.74) is 1.36. The van der Waals surface area contributed by atoms with Crippen LogP contribution in [0, 0.1) is 3.57 Å². The average molecular weight is 745 g/mol. The van der Waals surface area contributed by atoms with Crippen LogP contribution in [-0.2, 0) is 16.1 Å². The van der Waals surface area contributed by atoms with Gasteiger partial charge in [-0.05, 0) is 77.8 Å². The van der Waals surface area contributed by atoms with E-state index in [2.05, 4.69) is 11.9 Å². The summed E-state index contributed by atoms with van der Waals surface area (Å²) in [5, 5.41) is 24.3. The van der Waals surface area contributed by atoms with Gasteiger partial charge in [0, 0.05) is 37.1 Å². The van der Waals surface area contributed by atoms with E-state index in [1.165, 1.54) is 19.3 Å². The minimum absolute atomic E-state index is 0.0308. The molecule has 0 saturated heterocycles. The van der Waals surface area contributed by atoms with Gasteiger partial charge >= 0.3 is 0 Å². The average Bonchev–Trinajstić information content (AvgIpc) is 3.00. The molecule has 0 unspecified atom stereocenters. The molecule has 3 N–H and O–H groups in total. The molecule has 0 saturated carbocycles. The molecule has 2 aromatic rings. The Morgan fingerprint density at radius 2 is 1.98 bits per heavy atom. The van der Waals surface area contributed by atoms with Crippen LogP contribution in [0.4, 0.5) is 0 Å². The number of ether oxygens (including phenoxy) is 2. The van der Waals surface area contributed by atoms with E-state index in [0.717, 1.165) is 12.8 Å². The van der Waals surface area contributed by atoms with Crippen LogP contribution >= 0.6 is 45.8 Å². The van der Waals surface area contributed by atoms with Gasteiger partial charge in [-0.15, -0.1) is 6.58 Å². The number of aliphatic hydroxyl groups excluding tert-OH is 2. The van der Waals surface area contributed by atoms with Crippen molar-refractivity contribution in [3.63, 3.8) is 0 Å². The predicted octanol–water partition coefficient (Wildman–Crippen LogP) is 5.11. The van der Waals surface area contributed by atoms with E-state index in [9.17, 15) is 24.6 Å². The molecule has 43 heavy (non-hydrogen) atoms. The number of amides is 2. The maximum atomic E-state index is 13.7. The van der Waals surface area contributed by atoms with Crippen LogP contribution in [0.1, 0.15) is 48.0 Å². The number of carbonyl (C=O) groups excluding carboxylic acids is 3. The fourth-order valence-corrected chi connectivity index (χ4v) is 5.84. The summed E-state index contributed by atoms with van der Waals surface area (Å²) in [4.78, 5) is 39.8. The SMILES string of the molecule is C=CCCCCC(=O)N(Cc1ccc(Cl)c(Cl)c1)[C@@H]1CC(C(=O)NCCO)=C[C@H](Oc2c(I)cc(C=O)cc2OC)[C@H]1O. The van der Waals surface area contributed by atoms with Crippen LogP contribution in [0.25, 0.3) is 0 Å². The number of benzene rings is 2. The standard InChI is InChI=1S/C31H35Cl2IN2O7/c1-3-4-5-6-7-28(39)36(17-19-8-9-22(32)23(33)12-19)25-15-21(31(41)35-10-11-37)16-26(29(25)40)43-30-24(34)13-20(18-38)14-27(30)42-2/h3,8-9,12-14,16,18,25-26,29,37,40H,1,4-7,10-11,15,17H2,2H3,(H,35,41)/t25-,26+,29+/m1/s1. The van der Waals surface area contributed by atoms with Crippen molar-refractivity contribution in [3.8, 4) is 11.5 Å². The van der Waals surface area contributed by atoms with Gasteiger partial charge in [0.25, 0.3) is 0 Å². The number of carbonyl (C=O) groups is 3. The lowest BCUT2D eigenvalue weighted by Gasteiger charge is -2.41. The summed E-state index contributed by atoms with van der Waals surface area (Å²) in [6.45, 7) is 3.61. The number of hydrogen-bond donors (Lipinski definition) is 3. The molecule has 232 valence electrons. The van der Waals surface area contributed by atoms with Crippen LogP contribution in [-0.4, -0.2) is 71.7 Å². The lowest BCUT2D eigenvalue weighted by Crippen LogP contribution is -2.54. The van der Waals surface area contributed by atoms with E-state index in [0.29, 0.717) is 37.4 Å². The molecule has 12 heteroatoms. The predicted molar refractivity (Wildman–Crippen MR) is 174 cm³/mol. The van der Waals surface area contributed by atoms with Crippen molar-refractivity contribution in [1.82, 2.24) is 10.2 Å². The smallest absolute Gasteiger partial charge is 0.247 e. The largest absolute Gasteiger partial charge is 0.493 e. The molecule has 0 fully saturated rings. The van der Waals surface area contributed by atoms with E-state index in [1.807, 2.05) is 22.6 Å². The van der Waals surface area contributed by atoms with Crippen LogP contribution < -0.4 is 14.8 Å². The minimum atomic E-state index is -1.25. The summed E-state index contributed by atoms with van der Waals surface area (Å²) in [6, 6.07) is 7.32. The summed E-state index contributed by atoms with van der Waals surface area (Å²) >= 11 is 14.4. The van der Waals surface area contributed by atoms with Crippen molar-refractivity contribution < 1.29 is 34.1 Å². The summed E-state index contributed by atoms with van der Waals surface area (Å²) in [7, 11) is 1.43. The van der Waals surface area contributed by atoms with E-state index >= 15 is 0 Å². The number of aliphatic hydroxyl groups is 2. The van der Waals surface area contributed by atoms with Crippen molar-refractivity contribution in [2.75, 3.05) is 20.3 Å². The third-order valence-electron chi connectivity index (χ3n) is 6.96. The molecule has 0 heterocycles. The van der Waals surface area contributed by atoms with Crippen molar-refractivity contribution in [2.45, 2.75) is 56.9 Å². The minimum Gasteiger partial charge on any atom is -0.493 e. The summed E-state index contributed by atoms with van der Waals surface area (Å²) in [5.74, 6) is -0.117. The van der Waals surface area contributed by atoms with Gasteiger partial charge in [0.05, 0.1) is 33.4 Å². The quantitative estimate of drug-likeness (QED) is 0.100. The Hall–Kier alpha value is -2.64. The highest BCUT2D eigenvalue weighted by Crippen LogP contribution is 2.37. The molecule has 9 nitrogen and oxygen atoms in total. The number of aldehydes is 1. The summed E-state index contributed by atoms with van der Waals surface area (Å²) < 4.78 is 12.3. The van der Waals surface area contributed by atoms with E-state index in [-0.39, 0.29) is 55.5 Å². The number of allylic oxidation sites excluding steroid dienone is 1. The van der Waals surface area contributed by atoms with Gasteiger partial charge in [-0.25, -0.2) is 0 Å². The maximum Gasteiger partial charge on any atom is 0.247 e. The molecular formula is C31H35Cl2IN2O7. The first-order valence-electron chi connectivity index (χ1n) is 13.7. The van der Waals surface area contributed by atoms with Crippen molar-refractivity contribution >= 4 is 63.9 Å². The number of hydrogen-bond acceptors (Lipinski definition) is 7. The van der Waals surface area contributed by atoms with E-state index in [4.69, 9.17) is 32.7 Å². The molecule has 3 rings (SSSR count). The molecule has 3 atom stereocenters. The molecular weight excluding hydrogens is 710 g/mol. The monoisotopic (exact) mass is 744 g/mol. The Labute approximate surface area is 275 Å². The highest BCUT2D eigenvalue weighted by atomic mass is 127. The topological polar surface area (TPSA) is 125 Å². The van der Waals surface area contributed by atoms with Gasteiger partial charge in [0.2, 0.25) is 11.8 Å². The van der Waals surface area contributed by atoms with E-state index < -0.39 is 24.2 Å². The molecule has 1 aliphatic carbocycles. The second kappa shape index (κ2) is 17.0. The van der Waals surface area contributed by atoms with Gasteiger partial charge < -0.3 is 29.9 Å². The fraction of sp³-hybridized carbons (Fsp3) is 0.387. The zero-order valence-electron chi connectivity index (χ0n) is 23.7. The van der Waals surface area contributed by atoms with Crippen LogP contribution in [0.5, 0.6) is 11.5 Å². The number of rotatable bonds is 15. The van der Waals surface area contributed by atoms with Crippen molar-refractivity contribution in [3.05, 3.63) is 79.4 Å². The lowest BCUT2D eigenvalue weighted by atomic mass is 9.87. The van der Waals surface area contributed by atoms with Crippen LogP contribution in [0.3, 0.4) is 0 Å². The zero-order valence-corrected chi connectivity index (χ0v) is 27.4. The first-order chi connectivity index (χ1) is 20.6. The Balaban J connectivity index is 2.04. The Kier molecular flexibility index (Phi) is 13.8. The van der Waals surface area contributed by atoms with Crippen molar-refractivity contribution in [2.24, 2.45) is 0 Å². The number of nitrogens with zero attached hydrogens (tertiary/aromatic N) is 1. The molecule has 0 aliphatic heterocycles. The zero-order chi connectivity index (χ0) is 31.5. The second-order valence-electron chi connectivity index (χ2n) is 9.97. The Morgan fingerprint density at radius 1 is 1.21 bits per heavy atom. The highest BCUT2D eigenvalue weighted by Gasteiger charge is 2.41. The Morgan fingerprint density at radius 3 is 2.63 bits per heavy atom. The number of halogens is 3. The summed E-state index contributed by atoms with van der Waals surface area (Å²) in [6.07, 6.45) is 4.10. The van der Waals surface area contributed by atoms with Crippen LogP contribution in [0.2, 0.25) is 10.0 Å². The molecule has 0 aromatic heterocycles. The molecule has 2 amide bonds. The lowest BCUT2D eigenvalue weighted by molar-refractivity contribution is -0.139. The van der Waals surface area contributed by atoms with Crippen LogP contribution in [0.15, 0.2) is 54.6 Å². The fourth-order valence-electron chi connectivity index (χ4n) is 4.77. The molecule has 0 spiro atoms. The third-order valence-corrected chi connectivity index (χ3v) is 8.50. The second-order valence-corrected chi connectivity index (χ2v) is 11.9. The first-order valence-corrected chi connectivity index (χ1v) is 15.6. The first kappa shape index (κ1) is 34.8. The Bertz CT molecular complexity index is 1350. The van der Waals surface area contributed by atoms with Gasteiger partial charge in [0.1, 0.15) is 18.5 Å². The highest BCUT2D eigenvalue weighted by molar-refractivity contribution is 14.1. The number of nitrogens with one attached hydrogen (secondary N) is 1. The third kappa shape index (κ3) is 9.42. The number of unbranched alkanes of at least 4 members (excludes halogenated alkanes) is 2. The van der Waals surface area contributed by atoms with E-state index in [1.54, 1.807) is 35.2 Å².